The Labute approximate surface area is 148 Å². The highest BCUT2D eigenvalue weighted by Gasteiger charge is 2.33. The van der Waals surface area contributed by atoms with E-state index < -0.39 is 0 Å². The topological polar surface area (TPSA) is 80.5 Å². The van der Waals surface area contributed by atoms with Gasteiger partial charge in [-0.1, -0.05) is 22.0 Å². The van der Waals surface area contributed by atoms with Crippen LogP contribution in [0.25, 0.3) is 0 Å². The molecule has 1 saturated heterocycles. The van der Waals surface area contributed by atoms with Crippen molar-refractivity contribution in [3.63, 3.8) is 0 Å². The molecule has 7 heteroatoms. The van der Waals surface area contributed by atoms with Gasteiger partial charge in [0, 0.05) is 39.4 Å². The Kier molecular flexibility index (Phi) is 6.20. The largest absolute Gasteiger partial charge is 0.381 e. The number of aryl methyl sites for hydroxylation is 1. The molecule has 1 N–H and O–H groups in total. The quantitative estimate of drug-likeness (QED) is 0.788. The molecule has 138 valence electrons. The van der Waals surface area contributed by atoms with E-state index in [2.05, 4.69) is 28.6 Å². The zero-order valence-corrected chi connectivity index (χ0v) is 15.2. The third-order valence-corrected chi connectivity index (χ3v) is 5.20. The Bertz CT molecular complexity index is 607. The molecule has 3 rings (SSSR count). The van der Waals surface area contributed by atoms with E-state index >= 15 is 0 Å². The first-order chi connectivity index (χ1) is 12.1. The lowest BCUT2D eigenvalue weighted by atomic mass is 9.84. The maximum atomic E-state index is 13.2. The number of hydrogen-bond acceptors (Lipinski definition) is 6. The zero-order valence-electron chi connectivity index (χ0n) is 15.2. The lowest BCUT2D eigenvalue weighted by Crippen LogP contribution is -2.46. The number of aromatic nitrogens is 2. The van der Waals surface area contributed by atoms with Crippen LogP contribution >= 0.6 is 0 Å². The first-order valence-electron chi connectivity index (χ1n) is 9.16. The zero-order chi connectivity index (χ0) is 17.6. The Morgan fingerprint density at radius 2 is 2.16 bits per heavy atom. The summed E-state index contributed by atoms with van der Waals surface area (Å²) in [7, 11) is 0. The van der Waals surface area contributed by atoms with Gasteiger partial charge in [0.25, 0.3) is 0 Å². The van der Waals surface area contributed by atoms with Crippen molar-refractivity contribution in [3.05, 3.63) is 23.0 Å². The average molecular weight is 348 g/mol. The van der Waals surface area contributed by atoms with Crippen molar-refractivity contribution in [2.45, 2.75) is 39.7 Å². The summed E-state index contributed by atoms with van der Waals surface area (Å²) in [6, 6.07) is 0. The van der Waals surface area contributed by atoms with Gasteiger partial charge in [0.2, 0.25) is 5.91 Å². The van der Waals surface area contributed by atoms with Gasteiger partial charge < -0.3 is 15.0 Å². The summed E-state index contributed by atoms with van der Waals surface area (Å²) in [6.45, 7) is 8.27. The number of ether oxygens (including phenoxy) is 1. The molecule has 25 heavy (non-hydrogen) atoms. The monoisotopic (exact) mass is 348 g/mol. The summed E-state index contributed by atoms with van der Waals surface area (Å²) in [6.07, 6.45) is 5.08. The molecule has 2 aliphatic rings. The van der Waals surface area contributed by atoms with Crippen LogP contribution < -0.4 is 5.32 Å². The summed E-state index contributed by atoms with van der Waals surface area (Å²) in [5.74, 6) is 0.619. The fourth-order valence-electron chi connectivity index (χ4n) is 3.66. The fourth-order valence-corrected chi connectivity index (χ4v) is 3.66. The van der Waals surface area contributed by atoms with E-state index in [-0.39, 0.29) is 11.8 Å². The number of amides is 1. The number of hydrogen-bond donors (Lipinski definition) is 1. The number of carbonyl (C=O) groups is 1. The molecule has 7 nitrogen and oxygen atoms in total. The van der Waals surface area contributed by atoms with E-state index in [1.165, 1.54) is 5.57 Å². The molecular formula is C18H28N4O3. The van der Waals surface area contributed by atoms with Crippen molar-refractivity contribution in [1.29, 1.82) is 0 Å². The third-order valence-electron chi connectivity index (χ3n) is 5.20. The van der Waals surface area contributed by atoms with Crippen molar-refractivity contribution < 1.29 is 14.2 Å². The first-order valence-corrected chi connectivity index (χ1v) is 9.16. The van der Waals surface area contributed by atoms with Gasteiger partial charge in [0.15, 0.2) is 0 Å². The van der Waals surface area contributed by atoms with Crippen molar-refractivity contribution in [2.24, 2.45) is 11.8 Å². The predicted molar refractivity (Wildman–Crippen MR) is 92.7 cm³/mol. The third kappa shape index (κ3) is 4.67. The lowest BCUT2D eigenvalue weighted by Gasteiger charge is -2.35. The molecule has 0 aromatic carbocycles. The highest BCUT2D eigenvalue weighted by molar-refractivity contribution is 5.80. The Hall–Kier alpha value is -1.73. The van der Waals surface area contributed by atoms with Gasteiger partial charge in [0.1, 0.15) is 11.4 Å². The van der Waals surface area contributed by atoms with Gasteiger partial charge in [-0.15, -0.1) is 0 Å². The summed E-state index contributed by atoms with van der Waals surface area (Å²) in [4.78, 5) is 15.2. The maximum absolute atomic E-state index is 13.2. The molecule has 1 aromatic heterocycles. The molecule has 0 bridgehead atoms. The van der Waals surface area contributed by atoms with Crippen LogP contribution in [0.4, 0.5) is 0 Å². The Morgan fingerprint density at radius 3 is 2.84 bits per heavy atom. The standard InChI is InChI=1S/C18H28N4O3/c1-13-4-3-7-22(12-13)18(23)16(15-5-8-24-9-6-15)10-19-11-17-14(2)20-25-21-17/h4,15-16,19H,3,5-12H2,1-2H3. The summed E-state index contributed by atoms with van der Waals surface area (Å²) >= 11 is 0. The normalized spacial score (nSPS) is 20.4. The molecule has 1 atom stereocenters. The van der Waals surface area contributed by atoms with E-state index in [1.807, 2.05) is 11.8 Å². The molecular weight excluding hydrogens is 320 g/mol. The van der Waals surface area contributed by atoms with Crippen LogP contribution in [0.2, 0.25) is 0 Å². The number of carbonyl (C=O) groups excluding carboxylic acids is 1. The van der Waals surface area contributed by atoms with Crippen molar-refractivity contribution >= 4 is 5.91 Å². The second kappa shape index (κ2) is 8.58. The second-order valence-electron chi connectivity index (χ2n) is 7.08. The molecule has 2 aliphatic heterocycles. The second-order valence-corrected chi connectivity index (χ2v) is 7.08. The van der Waals surface area contributed by atoms with E-state index in [4.69, 9.17) is 9.37 Å². The van der Waals surface area contributed by atoms with Crippen LogP contribution in [0.15, 0.2) is 16.3 Å². The van der Waals surface area contributed by atoms with E-state index in [9.17, 15) is 4.79 Å². The lowest BCUT2D eigenvalue weighted by molar-refractivity contribution is -0.138. The van der Waals surface area contributed by atoms with Gasteiger partial charge in [0.05, 0.1) is 5.92 Å². The van der Waals surface area contributed by atoms with Crippen LogP contribution in [0.1, 0.15) is 37.6 Å². The van der Waals surface area contributed by atoms with Crippen LogP contribution in [0.3, 0.4) is 0 Å². The first kappa shape index (κ1) is 18.1. The highest BCUT2D eigenvalue weighted by Crippen LogP contribution is 2.26. The Morgan fingerprint density at radius 1 is 1.36 bits per heavy atom. The van der Waals surface area contributed by atoms with E-state index in [0.29, 0.717) is 19.0 Å². The predicted octanol–water partition coefficient (Wildman–Crippen LogP) is 1.69. The number of nitrogens with one attached hydrogen (secondary N) is 1. The van der Waals surface area contributed by atoms with Crippen molar-refractivity contribution in [1.82, 2.24) is 20.5 Å². The smallest absolute Gasteiger partial charge is 0.227 e. The average Bonchev–Trinajstić information content (AvgIpc) is 3.04. The molecule has 0 spiro atoms. The molecule has 1 amide bonds. The fraction of sp³-hybridized carbons (Fsp3) is 0.722. The molecule has 3 heterocycles. The SMILES string of the molecule is CC1=CCCN(C(=O)C(CNCc2nonc2C)C2CCOCC2)C1. The van der Waals surface area contributed by atoms with Gasteiger partial charge in [-0.2, -0.15) is 0 Å². The van der Waals surface area contributed by atoms with Crippen LogP contribution in [0.5, 0.6) is 0 Å². The summed E-state index contributed by atoms with van der Waals surface area (Å²) in [5, 5.41) is 11.1. The van der Waals surface area contributed by atoms with Crippen LogP contribution in [-0.2, 0) is 16.1 Å². The van der Waals surface area contributed by atoms with Crippen molar-refractivity contribution in [3.8, 4) is 0 Å². The molecule has 0 saturated carbocycles. The van der Waals surface area contributed by atoms with Gasteiger partial charge >= 0.3 is 0 Å². The molecule has 1 fully saturated rings. The van der Waals surface area contributed by atoms with E-state index in [1.54, 1.807) is 0 Å². The minimum absolute atomic E-state index is 0.0185. The summed E-state index contributed by atoms with van der Waals surface area (Å²) < 4.78 is 10.2. The van der Waals surface area contributed by atoms with E-state index in [0.717, 1.165) is 57.0 Å². The maximum Gasteiger partial charge on any atom is 0.227 e. The molecule has 1 aromatic rings. The van der Waals surface area contributed by atoms with Crippen LogP contribution in [0, 0.1) is 18.8 Å². The minimum Gasteiger partial charge on any atom is -0.381 e. The number of nitrogens with zero attached hydrogens (tertiary/aromatic N) is 3. The van der Waals surface area contributed by atoms with Crippen LogP contribution in [-0.4, -0.2) is 54.0 Å². The highest BCUT2D eigenvalue weighted by atomic mass is 16.6. The van der Waals surface area contributed by atoms with Gasteiger partial charge in [-0.3, -0.25) is 4.79 Å². The number of rotatable bonds is 6. The van der Waals surface area contributed by atoms with Gasteiger partial charge in [-0.05, 0) is 39.0 Å². The molecule has 0 radical (unpaired) electrons. The Balaban J connectivity index is 1.63. The molecule has 1 unspecified atom stereocenters. The van der Waals surface area contributed by atoms with Gasteiger partial charge in [-0.25, -0.2) is 4.63 Å². The minimum atomic E-state index is -0.0185. The summed E-state index contributed by atoms with van der Waals surface area (Å²) in [5.41, 5.74) is 2.87. The molecule has 0 aliphatic carbocycles. The van der Waals surface area contributed by atoms with Crippen molar-refractivity contribution in [2.75, 3.05) is 32.8 Å².